The maximum Gasteiger partial charge on any atom is 0.130 e. The highest BCUT2D eigenvalue weighted by Crippen LogP contribution is 2.21. The molecule has 20 heavy (non-hydrogen) atoms. The summed E-state index contributed by atoms with van der Waals surface area (Å²) < 4.78 is 20.2. The zero-order valence-electron chi connectivity index (χ0n) is 11.3. The number of benzene rings is 2. The van der Waals surface area contributed by atoms with E-state index in [1.165, 1.54) is 6.07 Å². The van der Waals surface area contributed by atoms with E-state index in [0.717, 1.165) is 28.9 Å². The van der Waals surface area contributed by atoms with Gasteiger partial charge in [0, 0.05) is 22.1 Å². The second-order valence-corrected chi connectivity index (χ2v) is 5.33. The number of nitrogens with one attached hydrogen (secondary N) is 1. The molecule has 0 unspecified atom stereocenters. The molecule has 2 aromatic rings. The number of halogens is 2. The first-order valence-corrected chi connectivity index (χ1v) is 7.35. The second kappa shape index (κ2) is 7.41. The first kappa shape index (κ1) is 15.0. The van der Waals surface area contributed by atoms with Gasteiger partial charge in [0.25, 0.3) is 0 Å². The van der Waals surface area contributed by atoms with E-state index in [4.69, 9.17) is 4.74 Å². The number of ether oxygens (including phenoxy) is 1. The zero-order chi connectivity index (χ0) is 14.4. The standard InChI is InChI=1S/C16H17BrFNO/c1-2-19-10-12-5-3-4-6-16(12)20-11-13-7-8-14(17)9-15(13)18/h3-9,19H,2,10-11H2,1H3. The van der Waals surface area contributed by atoms with Crippen LogP contribution in [0.4, 0.5) is 4.39 Å². The maximum atomic E-state index is 13.7. The van der Waals surface area contributed by atoms with E-state index >= 15 is 0 Å². The Bertz CT molecular complexity index is 574. The fourth-order valence-corrected chi connectivity index (χ4v) is 2.18. The minimum atomic E-state index is -0.261. The molecule has 4 heteroatoms. The number of rotatable bonds is 6. The molecule has 1 N–H and O–H groups in total. The third-order valence-corrected chi connectivity index (χ3v) is 3.43. The molecule has 0 atom stereocenters. The molecular formula is C16H17BrFNO. The van der Waals surface area contributed by atoms with Crippen molar-refractivity contribution in [3.8, 4) is 5.75 Å². The topological polar surface area (TPSA) is 21.3 Å². The van der Waals surface area contributed by atoms with Gasteiger partial charge < -0.3 is 10.1 Å². The number of hydrogen-bond donors (Lipinski definition) is 1. The van der Waals surface area contributed by atoms with E-state index in [2.05, 4.69) is 28.2 Å². The summed E-state index contributed by atoms with van der Waals surface area (Å²) in [5.74, 6) is 0.527. The summed E-state index contributed by atoms with van der Waals surface area (Å²) in [6.07, 6.45) is 0. The predicted molar refractivity (Wildman–Crippen MR) is 82.3 cm³/mol. The molecule has 0 saturated carbocycles. The maximum absolute atomic E-state index is 13.7. The lowest BCUT2D eigenvalue weighted by Gasteiger charge is -2.12. The van der Waals surface area contributed by atoms with Crippen LogP contribution in [0.5, 0.6) is 5.75 Å². The lowest BCUT2D eigenvalue weighted by Crippen LogP contribution is -2.12. The average Bonchev–Trinajstić information content (AvgIpc) is 2.45. The zero-order valence-corrected chi connectivity index (χ0v) is 12.9. The molecule has 0 radical (unpaired) electrons. The van der Waals surface area contributed by atoms with Crippen LogP contribution in [0.3, 0.4) is 0 Å². The quantitative estimate of drug-likeness (QED) is 0.849. The fourth-order valence-electron chi connectivity index (χ4n) is 1.84. The Kier molecular flexibility index (Phi) is 5.56. The molecule has 2 rings (SSSR count). The first-order valence-electron chi connectivity index (χ1n) is 6.56. The highest BCUT2D eigenvalue weighted by Gasteiger charge is 2.06. The van der Waals surface area contributed by atoms with Gasteiger partial charge >= 0.3 is 0 Å². The van der Waals surface area contributed by atoms with Crippen LogP contribution in [0.25, 0.3) is 0 Å². The van der Waals surface area contributed by atoms with E-state index in [1.807, 2.05) is 30.3 Å². The smallest absolute Gasteiger partial charge is 0.130 e. The second-order valence-electron chi connectivity index (χ2n) is 4.41. The number of para-hydroxylation sites is 1. The highest BCUT2D eigenvalue weighted by atomic mass is 79.9. The molecule has 0 aliphatic heterocycles. The van der Waals surface area contributed by atoms with Gasteiger partial charge in [-0.15, -0.1) is 0 Å². The lowest BCUT2D eigenvalue weighted by molar-refractivity contribution is 0.296. The summed E-state index contributed by atoms with van der Waals surface area (Å²) in [5.41, 5.74) is 1.62. The van der Waals surface area contributed by atoms with E-state index in [-0.39, 0.29) is 12.4 Å². The molecule has 0 aromatic heterocycles. The Labute approximate surface area is 127 Å². The highest BCUT2D eigenvalue weighted by molar-refractivity contribution is 9.10. The van der Waals surface area contributed by atoms with E-state index in [9.17, 15) is 4.39 Å². The van der Waals surface area contributed by atoms with Crippen molar-refractivity contribution in [3.05, 3.63) is 63.9 Å². The molecule has 0 spiro atoms. The van der Waals surface area contributed by atoms with Gasteiger partial charge in [-0.2, -0.15) is 0 Å². The largest absolute Gasteiger partial charge is 0.488 e. The first-order chi connectivity index (χ1) is 9.70. The van der Waals surface area contributed by atoms with Crippen molar-refractivity contribution in [1.29, 1.82) is 0 Å². The Morgan fingerprint density at radius 3 is 2.70 bits per heavy atom. The number of hydrogen-bond acceptors (Lipinski definition) is 2. The monoisotopic (exact) mass is 337 g/mol. The van der Waals surface area contributed by atoms with Crippen LogP contribution in [0.15, 0.2) is 46.9 Å². The van der Waals surface area contributed by atoms with E-state index in [1.54, 1.807) is 6.07 Å². The molecule has 0 aliphatic rings. The molecule has 0 bridgehead atoms. The lowest BCUT2D eigenvalue weighted by atomic mass is 10.2. The molecule has 106 valence electrons. The van der Waals surface area contributed by atoms with Gasteiger partial charge in [0.1, 0.15) is 18.2 Å². The molecule has 0 aliphatic carbocycles. The van der Waals surface area contributed by atoms with Crippen LogP contribution in [-0.4, -0.2) is 6.54 Å². The van der Waals surface area contributed by atoms with Crippen molar-refractivity contribution in [2.75, 3.05) is 6.54 Å². The van der Waals surface area contributed by atoms with Crippen LogP contribution in [0.1, 0.15) is 18.1 Å². The van der Waals surface area contributed by atoms with Crippen LogP contribution >= 0.6 is 15.9 Å². The minimum Gasteiger partial charge on any atom is -0.488 e. The van der Waals surface area contributed by atoms with Gasteiger partial charge in [0.2, 0.25) is 0 Å². The van der Waals surface area contributed by atoms with Crippen LogP contribution in [-0.2, 0) is 13.2 Å². The summed E-state index contributed by atoms with van der Waals surface area (Å²) in [4.78, 5) is 0. The molecule has 0 saturated heterocycles. The van der Waals surface area contributed by atoms with Gasteiger partial charge in [-0.1, -0.05) is 47.1 Å². The summed E-state index contributed by atoms with van der Waals surface area (Å²) in [6.45, 7) is 3.92. The summed E-state index contributed by atoms with van der Waals surface area (Å²) in [7, 11) is 0. The van der Waals surface area contributed by atoms with E-state index in [0.29, 0.717) is 5.56 Å². The van der Waals surface area contributed by atoms with Crippen LogP contribution in [0, 0.1) is 5.82 Å². The summed E-state index contributed by atoms with van der Waals surface area (Å²) >= 11 is 3.24. The van der Waals surface area contributed by atoms with Gasteiger partial charge in [0.15, 0.2) is 0 Å². The third-order valence-electron chi connectivity index (χ3n) is 2.94. The molecule has 2 nitrogen and oxygen atoms in total. The predicted octanol–water partition coefficient (Wildman–Crippen LogP) is 4.28. The Balaban J connectivity index is 2.06. The molecule has 0 amide bonds. The van der Waals surface area contributed by atoms with Crippen molar-refractivity contribution in [1.82, 2.24) is 5.32 Å². The minimum absolute atomic E-state index is 0.224. The van der Waals surface area contributed by atoms with Crippen molar-refractivity contribution in [2.24, 2.45) is 0 Å². The summed E-state index contributed by atoms with van der Waals surface area (Å²) in [6, 6.07) is 12.8. The Morgan fingerprint density at radius 1 is 1.15 bits per heavy atom. The van der Waals surface area contributed by atoms with Crippen molar-refractivity contribution >= 4 is 15.9 Å². The fraction of sp³-hybridized carbons (Fsp3) is 0.250. The van der Waals surface area contributed by atoms with Gasteiger partial charge in [-0.3, -0.25) is 0 Å². The van der Waals surface area contributed by atoms with Crippen LogP contribution < -0.4 is 10.1 Å². The van der Waals surface area contributed by atoms with Gasteiger partial charge in [0.05, 0.1) is 0 Å². The van der Waals surface area contributed by atoms with Gasteiger partial charge in [-0.25, -0.2) is 4.39 Å². The Hall–Kier alpha value is -1.39. The molecule has 0 fully saturated rings. The Morgan fingerprint density at radius 2 is 1.95 bits per heavy atom. The summed E-state index contributed by atoms with van der Waals surface area (Å²) in [5, 5.41) is 3.26. The molecule has 0 heterocycles. The average molecular weight is 338 g/mol. The third kappa shape index (κ3) is 4.05. The van der Waals surface area contributed by atoms with Crippen LogP contribution in [0.2, 0.25) is 0 Å². The normalized spacial score (nSPS) is 10.6. The SMILES string of the molecule is CCNCc1ccccc1OCc1ccc(Br)cc1F. The van der Waals surface area contributed by atoms with Gasteiger partial charge in [-0.05, 0) is 24.7 Å². The van der Waals surface area contributed by atoms with Crippen molar-refractivity contribution < 1.29 is 9.13 Å². The molecule has 2 aromatic carbocycles. The van der Waals surface area contributed by atoms with E-state index < -0.39 is 0 Å². The van der Waals surface area contributed by atoms with Crippen molar-refractivity contribution in [2.45, 2.75) is 20.1 Å². The van der Waals surface area contributed by atoms with Crippen molar-refractivity contribution in [3.63, 3.8) is 0 Å². The molecular weight excluding hydrogens is 321 g/mol.